The molecule has 0 bridgehead atoms. The largest absolute Gasteiger partial charge is 0.507 e. The van der Waals surface area contributed by atoms with Crippen molar-refractivity contribution in [2.24, 2.45) is 5.92 Å². The SMILES string of the molecule is COc1ccc(C(=O)N[C@H](C(=O)N[C@@H](Cc2ccccc2)C(=O)N[C@@H](CCSC)C(=O)O)C(C)C)c(O)c1. The molecule has 0 fully saturated rings. The van der Waals surface area contributed by atoms with Gasteiger partial charge in [-0.15, -0.1) is 0 Å². The van der Waals surface area contributed by atoms with E-state index in [0.717, 1.165) is 5.56 Å². The summed E-state index contributed by atoms with van der Waals surface area (Å²) < 4.78 is 5.03. The molecule has 3 amide bonds. The molecule has 5 N–H and O–H groups in total. The number of carbonyl (C=O) groups is 4. The maximum atomic E-state index is 13.3. The standard InChI is InChI=1S/C27H35N3O7S/c1-16(2)23(30-24(32)19-11-10-18(37-3)15-22(19)31)26(34)29-21(14-17-8-6-5-7-9-17)25(33)28-20(27(35)36)12-13-38-4/h5-11,15-16,20-21,23,31H,12-14H2,1-4H3,(H,28,33)(H,29,34)(H,30,32)(H,35,36)/t20-,21-,23-/m0/s1. The number of carboxylic acid groups (broad SMARTS) is 1. The first-order valence-corrected chi connectivity index (χ1v) is 13.5. The van der Waals surface area contributed by atoms with Crippen LogP contribution in [0.4, 0.5) is 0 Å². The number of carboxylic acids is 1. The molecule has 38 heavy (non-hydrogen) atoms. The second kappa shape index (κ2) is 14.9. The van der Waals surface area contributed by atoms with Crippen LogP contribution >= 0.6 is 11.8 Å². The van der Waals surface area contributed by atoms with E-state index in [9.17, 15) is 29.4 Å². The Bertz CT molecular complexity index is 1110. The fourth-order valence-corrected chi connectivity index (χ4v) is 4.14. The van der Waals surface area contributed by atoms with Crippen LogP contribution in [-0.2, 0) is 20.8 Å². The lowest BCUT2D eigenvalue weighted by Crippen LogP contribution is -2.57. The molecule has 0 unspecified atom stereocenters. The highest BCUT2D eigenvalue weighted by Gasteiger charge is 2.31. The molecular weight excluding hydrogens is 510 g/mol. The summed E-state index contributed by atoms with van der Waals surface area (Å²) in [6.07, 6.45) is 2.18. The molecule has 0 aliphatic carbocycles. The van der Waals surface area contributed by atoms with Crippen LogP contribution in [-0.4, -0.2) is 71.1 Å². The first-order chi connectivity index (χ1) is 18.1. The predicted octanol–water partition coefficient (Wildman–Crippen LogP) is 2.21. The highest BCUT2D eigenvalue weighted by atomic mass is 32.2. The third-order valence-electron chi connectivity index (χ3n) is 5.83. The average molecular weight is 546 g/mol. The molecule has 11 heteroatoms. The number of thioether (sulfide) groups is 1. The second-order valence-electron chi connectivity index (χ2n) is 9.01. The molecule has 0 aromatic heterocycles. The first-order valence-electron chi connectivity index (χ1n) is 12.1. The van der Waals surface area contributed by atoms with Crippen LogP contribution in [0.5, 0.6) is 11.5 Å². The molecule has 206 valence electrons. The van der Waals surface area contributed by atoms with Crippen LogP contribution in [0.3, 0.4) is 0 Å². The molecule has 0 saturated heterocycles. The van der Waals surface area contributed by atoms with Crippen molar-refractivity contribution >= 4 is 35.5 Å². The normalized spacial score (nSPS) is 13.2. The monoisotopic (exact) mass is 545 g/mol. The molecular formula is C27H35N3O7S. The van der Waals surface area contributed by atoms with E-state index in [1.54, 1.807) is 38.1 Å². The third-order valence-corrected chi connectivity index (χ3v) is 6.47. The van der Waals surface area contributed by atoms with Gasteiger partial charge in [-0.3, -0.25) is 14.4 Å². The maximum absolute atomic E-state index is 13.3. The molecule has 2 aromatic rings. The minimum absolute atomic E-state index is 0.0408. The topological polar surface area (TPSA) is 154 Å². The van der Waals surface area contributed by atoms with Crippen molar-refractivity contribution < 1.29 is 34.1 Å². The number of hydrogen-bond donors (Lipinski definition) is 5. The Morgan fingerprint density at radius 2 is 1.61 bits per heavy atom. The van der Waals surface area contributed by atoms with E-state index in [4.69, 9.17) is 4.74 Å². The predicted molar refractivity (Wildman–Crippen MR) is 145 cm³/mol. The Kier molecular flexibility index (Phi) is 11.9. The van der Waals surface area contributed by atoms with Gasteiger partial charge in [0.05, 0.1) is 12.7 Å². The zero-order valence-electron chi connectivity index (χ0n) is 21.9. The van der Waals surface area contributed by atoms with Crippen LogP contribution in [0, 0.1) is 5.92 Å². The summed E-state index contributed by atoms with van der Waals surface area (Å²) in [6.45, 7) is 3.46. The van der Waals surface area contributed by atoms with Gasteiger partial charge >= 0.3 is 5.97 Å². The maximum Gasteiger partial charge on any atom is 0.326 e. The number of aromatic hydroxyl groups is 1. The Morgan fingerprint density at radius 1 is 0.947 bits per heavy atom. The summed E-state index contributed by atoms with van der Waals surface area (Å²) in [5.74, 6) is -2.87. The molecule has 0 aliphatic rings. The Balaban J connectivity index is 2.24. The number of ether oxygens (including phenoxy) is 1. The zero-order chi connectivity index (χ0) is 28.2. The number of phenols is 1. The zero-order valence-corrected chi connectivity index (χ0v) is 22.7. The van der Waals surface area contributed by atoms with Gasteiger partial charge in [-0.25, -0.2) is 4.79 Å². The number of rotatable bonds is 14. The van der Waals surface area contributed by atoms with Gasteiger partial charge in [-0.1, -0.05) is 44.2 Å². The molecule has 3 atom stereocenters. The van der Waals surface area contributed by atoms with E-state index in [1.807, 2.05) is 12.3 Å². The van der Waals surface area contributed by atoms with Gasteiger partial charge in [-0.05, 0) is 42.0 Å². The average Bonchev–Trinajstić information content (AvgIpc) is 2.88. The number of aliphatic carboxylic acids is 1. The fraction of sp³-hybridized carbons (Fsp3) is 0.407. The summed E-state index contributed by atoms with van der Waals surface area (Å²) >= 11 is 1.46. The van der Waals surface area contributed by atoms with Crippen LogP contribution < -0.4 is 20.7 Å². The van der Waals surface area contributed by atoms with Crippen molar-refractivity contribution in [3.8, 4) is 11.5 Å². The Labute approximate surface area is 226 Å². The van der Waals surface area contributed by atoms with Crippen LogP contribution in [0.1, 0.15) is 36.2 Å². The Hall–Kier alpha value is -3.73. The minimum Gasteiger partial charge on any atom is -0.507 e. The number of amides is 3. The smallest absolute Gasteiger partial charge is 0.326 e. The minimum atomic E-state index is -1.16. The summed E-state index contributed by atoms with van der Waals surface area (Å²) in [5.41, 5.74) is 0.721. The molecule has 0 heterocycles. The van der Waals surface area contributed by atoms with Crippen molar-refractivity contribution in [1.29, 1.82) is 0 Å². The highest BCUT2D eigenvalue weighted by Crippen LogP contribution is 2.23. The fourth-order valence-electron chi connectivity index (χ4n) is 3.67. The lowest BCUT2D eigenvalue weighted by molar-refractivity contribution is -0.142. The van der Waals surface area contributed by atoms with Crippen molar-refractivity contribution in [3.05, 3.63) is 59.7 Å². The Morgan fingerprint density at radius 3 is 2.16 bits per heavy atom. The van der Waals surface area contributed by atoms with Gasteiger partial charge in [0, 0.05) is 12.5 Å². The van der Waals surface area contributed by atoms with Gasteiger partial charge < -0.3 is 30.9 Å². The molecule has 0 saturated carbocycles. The lowest BCUT2D eigenvalue weighted by Gasteiger charge is -2.26. The number of benzene rings is 2. The molecule has 0 spiro atoms. The van der Waals surface area contributed by atoms with Gasteiger partial charge in [0.2, 0.25) is 11.8 Å². The van der Waals surface area contributed by atoms with E-state index in [1.165, 1.54) is 37.1 Å². The van der Waals surface area contributed by atoms with Gasteiger partial charge in [0.15, 0.2) is 0 Å². The highest BCUT2D eigenvalue weighted by molar-refractivity contribution is 7.98. The molecule has 0 radical (unpaired) electrons. The quantitative estimate of drug-likeness (QED) is 0.242. The summed E-state index contributed by atoms with van der Waals surface area (Å²) in [4.78, 5) is 51.1. The molecule has 2 rings (SSSR count). The van der Waals surface area contributed by atoms with E-state index >= 15 is 0 Å². The second-order valence-corrected chi connectivity index (χ2v) is 10.00. The van der Waals surface area contributed by atoms with Gasteiger partial charge in [0.25, 0.3) is 5.91 Å². The molecule has 0 aliphatic heterocycles. The van der Waals surface area contributed by atoms with Crippen LogP contribution in [0.2, 0.25) is 0 Å². The summed E-state index contributed by atoms with van der Waals surface area (Å²) in [6, 6.07) is 9.94. The number of nitrogens with one attached hydrogen (secondary N) is 3. The van der Waals surface area contributed by atoms with Crippen molar-refractivity contribution in [2.75, 3.05) is 19.1 Å². The third kappa shape index (κ3) is 8.98. The van der Waals surface area contributed by atoms with Crippen LogP contribution in [0.25, 0.3) is 0 Å². The number of carbonyl (C=O) groups excluding carboxylic acids is 3. The van der Waals surface area contributed by atoms with E-state index in [-0.39, 0.29) is 30.1 Å². The van der Waals surface area contributed by atoms with Gasteiger partial charge in [-0.2, -0.15) is 11.8 Å². The van der Waals surface area contributed by atoms with Crippen molar-refractivity contribution in [2.45, 2.75) is 44.8 Å². The van der Waals surface area contributed by atoms with Crippen molar-refractivity contribution in [3.63, 3.8) is 0 Å². The number of methoxy groups -OCH3 is 1. The summed E-state index contributed by atoms with van der Waals surface area (Å²) in [5, 5.41) is 27.6. The lowest BCUT2D eigenvalue weighted by atomic mass is 10.00. The molecule has 10 nitrogen and oxygen atoms in total. The van der Waals surface area contributed by atoms with E-state index in [2.05, 4.69) is 16.0 Å². The summed E-state index contributed by atoms with van der Waals surface area (Å²) in [7, 11) is 1.43. The van der Waals surface area contributed by atoms with Crippen LogP contribution in [0.15, 0.2) is 48.5 Å². The number of hydrogen-bond acceptors (Lipinski definition) is 7. The van der Waals surface area contributed by atoms with E-state index < -0.39 is 41.8 Å². The first kappa shape index (κ1) is 30.5. The van der Waals surface area contributed by atoms with Crippen molar-refractivity contribution in [1.82, 2.24) is 16.0 Å². The number of phenolic OH excluding ortho intramolecular Hbond substituents is 1. The van der Waals surface area contributed by atoms with E-state index in [0.29, 0.717) is 11.5 Å². The van der Waals surface area contributed by atoms with Gasteiger partial charge in [0.1, 0.15) is 29.6 Å². The molecule has 2 aromatic carbocycles.